The Morgan fingerprint density at radius 2 is 2.29 bits per heavy atom. The Hall–Kier alpha value is -1.39. The second-order valence-electron chi connectivity index (χ2n) is 4.08. The smallest absolute Gasteiger partial charge is 0.131 e. The predicted octanol–water partition coefficient (Wildman–Crippen LogP) is 3.05. The quantitative estimate of drug-likeness (QED) is 0.904. The lowest BCUT2D eigenvalue weighted by molar-refractivity contribution is 0.300. The van der Waals surface area contributed by atoms with Crippen molar-refractivity contribution in [2.24, 2.45) is 5.73 Å². The Bertz CT molecular complexity index is 480. The van der Waals surface area contributed by atoms with Gasteiger partial charge in [-0.25, -0.2) is 4.98 Å². The maximum absolute atomic E-state index is 5.83. The number of ether oxygens (including phenoxy) is 1. The van der Waals surface area contributed by atoms with Crippen LogP contribution in [0.4, 0.5) is 0 Å². The molecular weight excluding hydrogens is 232 g/mol. The second kappa shape index (κ2) is 5.29. The summed E-state index contributed by atoms with van der Waals surface area (Å²) in [6.45, 7) is 4.52. The van der Waals surface area contributed by atoms with E-state index in [4.69, 9.17) is 10.5 Å². The predicted molar refractivity (Wildman–Crippen MR) is 70.2 cm³/mol. The minimum atomic E-state index is 0.0568. The molecule has 0 aliphatic carbocycles. The van der Waals surface area contributed by atoms with E-state index in [2.05, 4.69) is 11.1 Å². The van der Waals surface area contributed by atoms with E-state index in [0.29, 0.717) is 6.61 Å². The first-order chi connectivity index (χ1) is 8.16. The molecule has 0 radical (unpaired) electrons. The fourth-order valence-electron chi connectivity index (χ4n) is 1.58. The summed E-state index contributed by atoms with van der Waals surface area (Å²) < 4.78 is 5.72. The van der Waals surface area contributed by atoms with Gasteiger partial charge in [0.1, 0.15) is 12.4 Å². The van der Waals surface area contributed by atoms with Crippen LogP contribution in [0.2, 0.25) is 0 Å². The van der Waals surface area contributed by atoms with Crippen LogP contribution in [0.5, 0.6) is 5.75 Å². The van der Waals surface area contributed by atoms with Crippen LogP contribution >= 0.6 is 11.3 Å². The number of nitrogens with two attached hydrogens (primary N) is 1. The van der Waals surface area contributed by atoms with Crippen molar-refractivity contribution in [3.05, 3.63) is 45.9 Å². The van der Waals surface area contributed by atoms with E-state index >= 15 is 0 Å². The van der Waals surface area contributed by atoms with E-state index in [0.717, 1.165) is 22.6 Å². The molecule has 4 heteroatoms. The lowest BCUT2D eigenvalue weighted by Crippen LogP contribution is -2.05. The molecule has 0 saturated carbocycles. The SMILES string of the molecule is Cc1cc(C(C)N)ccc1OCc1cscn1. The van der Waals surface area contributed by atoms with Crippen LogP contribution < -0.4 is 10.5 Å². The largest absolute Gasteiger partial charge is 0.487 e. The Kier molecular flexibility index (Phi) is 3.76. The van der Waals surface area contributed by atoms with Gasteiger partial charge in [0.2, 0.25) is 0 Å². The number of benzene rings is 1. The first kappa shape index (κ1) is 12.1. The average Bonchev–Trinajstić information content (AvgIpc) is 2.80. The summed E-state index contributed by atoms with van der Waals surface area (Å²) in [4.78, 5) is 4.18. The maximum atomic E-state index is 5.83. The third kappa shape index (κ3) is 3.05. The van der Waals surface area contributed by atoms with Gasteiger partial charge in [0, 0.05) is 11.4 Å². The van der Waals surface area contributed by atoms with Crippen LogP contribution in [0, 0.1) is 6.92 Å². The molecule has 1 aromatic heterocycles. The Balaban J connectivity index is 2.06. The summed E-state index contributed by atoms with van der Waals surface area (Å²) in [7, 11) is 0. The Labute approximate surface area is 105 Å². The van der Waals surface area contributed by atoms with Crippen LogP contribution in [0.25, 0.3) is 0 Å². The van der Waals surface area contributed by atoms with Crippen molar-refractivity contribution < 1.29 is 4.74 Å². The number of hydrogen-bond donors (Lipinski definition) is 1. The number of nitrogens with zero attached hydrogens (tertiary/aromatic N) is 1. The Morgan fingerprint density at radius 1 is 1.47 bits per heavy atom. The van der Waals surface area contributed by atoms with Crippen molar-refractivity contribution in [2.45, 2.75) is 26.5 Å². The minimum Gasteiger partial charge on any atom is -0.487 e. The molecule has 0 bridgehead atoms. The average molecular weight is 248 g/mol. The van der Waals surface area contributed by atoms with Gasteiger partial charge in [-0.1, -0.05) is 12.1 Å². The molecule has 2 aromatic rings. The fourth-order valence-corrected chi connectivity index (χ4v) is 2.12. The topological polar surface area (TPSA) is 48.1 Å². The normalized spacial score (nSPS) is 12.4. The first-order valence-corrected chi connectivity index (χ1v) is 6.47. The highest BCUT2D eigenvalue weighted by atomic mass is 32.1. The maximum Gasteiger partial charge on any atom is 0.131 e. The number of aromatic nitrogens is 1. The van der Waals surface area contributed by atoms with Gasteiger partial charge in [-0.3, -0.25) is 0 Å². The third-order valence-electron chi connectivity index (χ3n) is 2.58. The molecule has 0 aliphatic rings. The summed E-state index contributed by atoms with van der Waals surface area (Å²) >= 11 is 1.58. The highest BCUT2D eigenvalue weighted by Crippen LogP contribution is 2.22. The standard InChI is InChI=1S/C13H16N2OS/c1-9-5-11(10(2)14)3-4-13(9)16-6-12-7-17-8-15-12/h3-5,7-8,10H,6,14H2,1-2H3. The molecule has 1 unspecified atom stereocenters. The van der Waals surface area contributed by atoms with E-state index < -0.39 is 0 Å². The van der Waals surface area contributed by atoms with E-state index in [-0.39, 0.29) is 6.04 Å². The molecule has 2 N–H and O–H groups in total. The molecule has 1 heterocycles. The van der Waals surface area contributed by atoms with Crippen molar-refractivity contribution in [3.8, 4) is 5.75 Å². The molecule has 2 rings (SSSR count). The molecule has 3 nitrogen and oxygen atoms in total. The van der Waals surface area contributed by atoms with E-state index in [1.165, 1.54) is 0 Å². The summed E-state index contributed by atoms with van der Waals surface area (Å²) in [5.41, 5.74) is 10.8. The summed E-state index contributed by atoms with van der Waals surface area (Å²) in [5, 5.41) is 1.99. The minimum absolute atomic E-state index is 0.0568. The molecule has 1 aromatic carbocycles. The van der Waals surface area contributed by atoms with Gasteiger partial charge in [-0.2, -0.15) is 0 Å². The van der Waals surface area contributed by atoms with Crippen LogP contribution in [0.15, 0.2) is 29.1 Å². The zero-order valence-electron chi connectivity index (χ0n) is 10.0. The Morgan fingerprint density at radius 3 is 2.88 bits per heavy atom. The number of hydrogen-bond acceptors (Lipinski definition) is 4. The van der Waals surface area contributed by atoms with Gasteiger partial charge in [0.15, 0.2) is 0 Å². The van der Waals surface area contributed by atoms with Crippen LogP contribution in [0.1, 0.15) is 29.8 Å². The molecule has 0 spiro atoms. The molecule has 90 valence electrons. The molecule has 17 heavy (non-hydrogen) atoms. The highest BCUT2D eigenvalue weighted by molar-refractivity contribution is 7.07. The highest BCUT2D eigenvalue weighted by Gasteiger charge is 2.05. The molecule has 1 atom stereocenters. The van der Waals surface area contributed by atoms with Crippen molar-refractivity contribution in [1.29, 1.82) is 0 Å². The van der Waals surface area contributed by atoms with E-state index in [9.17, 15) is 0 Å². The third-order valence-corrected chi connectivity index (χ3v) is 3.22. The molecule has 0 fully saturated rings. The molecular formula is C13H16N2OS. The van der Waals surface area contributed by atoms with Gasteiger partial charge in [0.05, 0.1) is 11.2 Å². The van der Waals surface area contributed by atoms with Crippen molar-refractivity contribution in [3.63, 3.8) is 0 Å². The summed E-state index contributed by atoms with van der Waals surface area (Å²) in [5.74, 6) is 0.891. The van der Waals surface area contributed by atoms with Gasteiger partial charge in [0.25, 0.3) is 0 Å². The monoisotopic (exact) mass is 248 g/mol. The molecule has 0 amide bonds. The summed E-state index contributed by atoms with van der Waals surface area (Å²) in [6, 6.07) is 6.11. The van der Waals surface area contributed by atoms with E-state index in [1.54, 1.807) is 11.3 Å². The number of thiazole rings is 1. The fraction of sp³-hybridized carbons (Fsp3) is 0.308. The van der Waals surface area contributed by atoms with Crippen LogP contribution in [-0.4, -0.2) is 4.98 Å². The van der Waals surface area contributed by atoms with Crippen molar-refractivity contribution >= 4 is 11.3 Å². The zero-order chi connectivity index (χ0) is 12.3. The first-order valence-electron chi connectivity index (χ1n) is 5.53. The lowest BCUT2D eigenvalue weighted by Gasteiger charge is -2.11. The van der Waals surface area contributed by atoms with Crippen LogP contribution in [0.3, 0.4) is 0 Å². The lowest BCUT2D eigenvalue weighted by atomic mass is 10.1. The number of rotatable bonds is 4. The van der Waals surface area contributed by atoms with Crippen molar-refractivity contribution in [1.82, 2.24) is 4.98 Å². The second-order valence-corrected chi connectivity index (χ2v) is 4.80. The van der Waals surface area contributed by atoms with E-state index in [1.807, 2.05) is 36.9 Å². The van der Waals surface area contributed by atoms with Gasteiger partial charge >= 0.3 is 0 Å². The zero-order valence-corrected chi connectivity index (χ0v) is 10.8. The summed E-state index contributed by atoms with van der Waals surface area (Å²) in [6.07, 6.45) is 0. The van der Waals surface area contributed by atoms with Gasteiger partial charge in [-0.15, -0.1) is 11.3 Å². The molecule has 0 aliphatic heterocycles. The van der Waals surface area contributed by atoms with Gasteiger partial charge in [-0.05, 0) is 31.0 Å². The van der Waals surface area contributed by atoms with Crippen molar-refractivity contribution in [2.75, 3.05) is 0 Å². The number of aryl methyl sites for hydroxylation is 1. The van der Waals surface area contributed by atoms with Crippen LogP contribution in [-0.2, 0) is 6.61 Å². The molecule has 0 saturated heterocycles. The van der Waals surface area contributed by atoms with Gasteiger partial charge < -0.3 is 10.5 Å².